The number of nitrogens with two attached hydrogens (primary N) is 1. The largest absolute Gasteiger partial charge is 0.496 e. The summed E-state index contributed by atoms with van der Waals surface area (Å²) in [7, 11) is 1.69. The van der Waals surface area contributed by atoms with Gasteiger partial charge in [-0.25, -0.2) is 4.98 Å². The van der Waals surface area contributed by atoms with E-state index < -0.39 is 0 Å². The van der Waals surface area contributed by atoms with Gasteiger partial charge in [-0.05, 0) is 48.8 Å². The van der Waals surface area contributed by atoms with Gasteiger partial charge in [0.25, 0.3) is 0 Å². The second-order valence-corrected chi connectivity index (χ2v) is 5.90. The minimum absolute atomic E-state index is 0.314. The number of benzene rings is 2. The molecule has 2 aromatic carbocycles. The standard InChI is InChI=1S/C18H20N4OS/c1-23-16-11-5-2-7-13(16)8-6-12-22(17(19)24)18-20-14-9-3-4-10-15(14)21-18/h2-5,7,9-11H,6,8,12H2,1H3,(H2,19,24)(H,20,21). The molecule has 0 saturated carbocycles. The van der Waals surface area contributed by atoms with Crippen LogP contribution in [0.15, 0.2) is 48.5 Å². The van der Waals surface area contributed by atoms with Crippen molar-refractivity contribution < 1.29 is 4.74 Å². The van der Waals surface area contributed by atoms with Crippen LogP contribution in [0.4, 0.5) is 5.95 Å². The van der Waals surface area contributed by atoms with Crippen molar-refractivity contribution in [1.29, 1.82) is 0 Å². The highest BCUT2D eigenvalue weighted by atomic mass is 32.1. The van der Waals surface area contributed by atoms with Gasteiger partial charge in [0.2, 0.25) is 5.95 Å². The number of rotatable bonds is 6. The summed E-state index contributed by atoms with van der Waals surface area (Å²) in [5.74, 6) is 1.59. The van der Waals surface area contributed by atoms with Crippen molar-refractivity contribution in [3.05, 3.63) is 54.1 Å². The monoisotopic (exact) mass is 340 g/mol. The van der Waals surface area contributed by atoms with Crippen LogP contribution in [0.2, 0.25) is 0 Å². The molecule has 0 aliphatic carbocycles. The summed E-state index contributed by atoms with van der Waals surface area (Å²) in [5, 5.41) is 0.314. The molecule has 1 aromatic heterocycles. The number of anilines is 1. The van der Waals surface area contributed by atoms with Gasteiger partial charge in [0.1, 0.15) is 5.75 Å². The van der Waals surface area contributed by atoms with E-state index in [9.17, 15) is 0 Å². The number of methoxy groups -OCH3 is 1. The highest BCUT2D eigenvalue weighted by Crippen LogP contribution is 2.20. The first-order valence-corrected chi connectivity index (χ1v) is 8.23. The number of fused-ring (bicyclic) bond motifs is 1. The summed E-state index contributed by atoms with van der Waals surface area (Å²) < 4.78 is 5.39. The summed E-state index contributed by atoms with van der Waals surface area (Å²) >= 11 is 5.20. The Morgan fingerprint density at radius 2 is 1.96 bits per heavy atom. The average Bonchev–Trinajstić information content (AvgIpc) is 3.02. The number of ether oxygens (including phenoxy) is 1. The van der Waals surface area contributed by atoms with E-state index in [-0.39, 0.29) is 0 Å². The summed E-state index contributed by atoms with van der Waals surface area (Å²) in [6, 6.07) is 15.9. The average molecular weight is 340 g/mol. The molecule has 0 amide bonds. The molecule has 0 saturated heterocycles. The molecule has 0 aliphatic heterocycles. The van der Waals surface area contributed by atoms with E-state index in [1.807, 2.05) is 47.4 Å². The summed E-state index contributed by atoms with van der Waals surface area (Å²) in [4.78, 5) is 9.68. The van der Waals surface area contributed by atoms with E-state index >= 15 is 0 Å². The molecule has 1 heterocycles. The van der Waals surface area contributed by atoms with Crippen molar-refractivity contribution in [2.45, 2.75) is 12.8 Å². The Morgan fingerprint density at radius 3 is 2.71 bits per heavy atom. The molecule has 6 heteroatoms. The Hall–Kier alpha value is -2.60. The van der Waals surface area contributed by atoms with Gasteiger partial charge < -0.3 is 15.5 Å². The molecule has 0 radical (unpaired) electrons. The number of hydrogen-bond acceptors (Lipinski definition) is 3. The molecule has 3 rings (SSSR count). The van der Waals surface area contributed by atoms with Gasteiger partial charge in [0.05, 0.1) is 18.1 Å². The Bertz CT molecular complexity index is 813. The van der Waals surface area contributed by atoms with Gasteiger partial charge in [-0.15, -0.1) is 0 Å². The molecule has 3 aromatic rings. The number of hydrogen-bond donors (Lipinski definition) is 2. The minimum Gasteiger partial charge on any atom is -0.496 e. The topological polar surface area (TPSA) is 67.2 Å². The first kappa shape index (κ1) is 16.3. The maximum absolute atomic E-state index is 5.90. The molecule has 3 N–H and O–H groups in total. The number of aromatic nitrogens is 2. The van der Waals surface area contributed by atoms with Crippen molar-refractivity contribution in [3.63, 3.8) is 0 Å². The van der Waals surface area contributed by atoms with Crippen LogP contribution in [0.1, 0.15) is 12.0 Å². The molecular weight excluding hydrogens is 320 g/mol. The van der Waals surface area contributed by atoms with Gasteiger partial charge in [0, 0.05) is 6.54 Å². The number of para-hydroxylation sites is 3. The molecule has 0 atom stereocenters. The van der Waals surface area contributed by atoms with Gasteiger partial charge in [-0.3, -0.25) is 4.90 Å². The van der Waals surface area contributed by atoms with E-state index in [1.54, 1.807) is 7.11 Å². The number of H-pyrrole nitrogens is 1. The predicted octanol–water partition coefficient (Wildman–Crippen LogP) is 3.25. The molecule has 0 aliphatic rings. The first-order chi connectivity index (χ1) is 11.7. The van der Waals surface area contributed by atoms with E-state index in [1.165, 1.54) is 5.56 Å². The van der Waals surface area contributed by atoms with Crippen molar-refractivity contribution in [2.75, 3.05) is 18.6 Å². The van der Waals surface area contributed by atoms with Crippen LogP contribution in [0, 0.1) is 0 Å². The molecule has 5 nitrogen and oxygen atoms in total. The van der Waals surface area contributed by atoms with E-state index in [4.69, 9.17) is 22.7 Å². The van der Waals surface area contributed by atoms with Crippen LogP contribution in [0.25, 0.3) is 11.0 Å². The van der Waals surface area contributed by atoms with Crippen molar-refractivity contribution in [3.8, 4) is 5.75 Å². The SMILES string of the molecule is COc1ccccc1CCCN(C(N)=S)c1nc2ccccc2[nH]1. The maximum atomic E-state index is 5.90. The smallest absolute Gasteiger partial charge is 0.210 e. The van der Waals surface area contributed by atoms with Crippen LogP contribution >= 0.6 is 12.2 Å². The normalized spacial score (nSPS) is 10.7. The van der Waals surface area contributed by atoms with E-state index in [0.29, 0.717) is 17.6 Å². The molecule has 0 spiro atoms. The summed E-state index contributed by atoms with van der Waals surface area (Å²) in [5.41, 5.74) is 8.94. The zero-order valence-corrected chi connectivity index (χ0v) is 14.3. The number of nitrogens with zero attached hydrogens (tertiary/aromatic N) is 2. The second kappa shape index (κ2) is 7.31. The fraction of sp³-hybridized carbons (Fsp3) is 0.222. The van der Waals surface area contributed by atoms with Crippen molar-refractivity contribution in [2.24, 2.45) is 5.73 Å². The fourth-order valence-electron chi connectivity index (χ4n) is 2.72. The third kappa shape index (κ3) is 3.49. The number of aryl methyl sites for hydroxylation is 1. The lowest BCUT2D eigenvalue weighted by Gasteiger charge is -2.20. The lowest BCUT2D eigenvalue weighted by Crippen LogP contribution is -2.37. The van der Waals surface area contributed by atoms with Crippen molar-refractivity contribution in [1.82, 2.24) is 9.97 Å². The van der Waals surface area contributed by atoms with E-state index in [2.05, 4.69) is 16.0 Å². The molecule has 24 heavy (non-hydrogen) atoms. The highest BCUT2D eigenvalue weighted by Gasteiger charge is 2.14. The molecule has 0 bridgehead atoms. The van der Waals surface area contributed by atoms with Crippen LogP contribution in [0.5, 0.6) is 5.75 Å². The Kier molecular flexibility index (Phi) is 4.96. The molecule has 124 valence electrons. The van der Waals surface area contributed by atoms with Gasteiger partial charge in [0.15, 0.2) is 5.11 Å². The number of imidazole rings is 1. The molecule has 0 unspecified atom stereocenters. The zero-order valence-electron chi connectivity index (χ0n) is 13.5. The Morgan fingerprint density at radius 1 is 1.21 bits per heavy atom. The van der Waals surface area contributed by atoms with Gasteiger partial charge >= 0.3 is 0 Å². The van der Waals surface area contributed by atoms with Crippen LogP contribution in [-0.2, 0) is 6.42 Å². The van der Waals surface area contributed by atoms with Gasteiger partial charge in [-0.1, -0.05) is 30.3 Å². The quantitative estimate of drug-likeness (QED) is 0.674. The minimum atomic E-state index is 0.314. The Balaban J connectivity index is 1.71. The summed E-state index contributed by atoms with van der Waals surface area (Å²) in [6.07, 6.45) is 1.76. The Labute approximate surface area is 146 Å². The van der Waals surface area contributed by atoms with E-state index in [0.717, 1.165) is 29.6 Å². The van der Waals surface area contributed by atoms with Crippen LogP contribution in [-0.4, -0.2) is 28.7 Å². The van der Waals surface area contributed by atoms with Crippen LogP contribution in [0.3, 0.4) is 0 Å². The molecule has 0 fully saturated rings. The molecular formula is C18H20N4OS. The first-order valence-electron chi connectivity index (χ1n) is 7.82. The lowest BCUT2D eigenvalue weighted by atomic mass is 10.1. The third-order valence-electron chi connectivity index (χ3n) is 3.92. The second-order valence-electron chi connectivity index (χ2n) is 5.48. The predicted molar refractivity (Wildman–Crippen MR) is 102 cm³/mol. The number of thiocarbonyl (C=S) groups is 1. The lowest BCUT2D eigenvalue weighted by molar-refractivity contribution is 0.409. The highest BCUT2D eigenvalue weighted by molar-refractivity contribution is 7.80. The summed E-state index contributed by atoms with van der Waals surface area (Å²) in [6.45, 7) is 0.688. The number of nitrogens with one attached hydrogen (secondary N) is 1. The van der Waals surface area contributed by atoms with Crippen molar-refractivity contribution >= 4 is 34.3 Å². The third-order valence-corrected chi connectivity index (χ3v) is 4.14. The number of aromatic amines is 1. The van der Waals surface area contributed by atoms with Gasteiger partial charge in [-0.2, -0.15) is 0 Å². The maximum Gasteiger partial charge on any atom is 0.210 e. The zero-order chi connectivity index (χ0) is 16.9. The fourth-order valence-corrected chi connectivity index (χ4v) is 2.90. The van der Waals surface area contributed by atoms with Crippen LogP contribution < -0.4 is 15.4 Å².